The molecule has 0 saturated heterocycles. The topological polar surface area (TPSA) is 51.0 Å². The second-order valence-corrected chi connectivity index (χ2v) is 8.21. The van der Waals surface area contributed by atoms with Crippen molar-refractivity contribution in [3.8, 4) is 0 Å². The third kappa shape index (κ3) is 4.50. The molecule has 0 aliphatic carbocycles. The van der Waals surface area contributed by atoms with Gasteiger partial charge in [0.2, 0.25) is 0 Å². The number of hydrogen-bond acceptors (Lipinski definition) is 2. The van der Waals surface area contributed by atoms with E-state index in [1.807, 2.05) is 25.3 Å². The van der Waals surface area contributed by atoms with Crippen LogP contribution in [0.4, 0.5) is 0 Å². The van der Waals surface area contributed by atoms with E-state index in [9.17, 15) is 4.79 Å². The molecule has 0 spiro atoms. The summed E-state index contributed by atoms with van der Waals surface area (Å²) < 4.78 is 1.62. The molecule has 2 aromatic heterocycles. The Labute approximate surface area is 167 Å². The molecule has 28 heavy (non-hydrogen) atoms. The number of nitrogens with zero attached hydrogens (tertiary/aromatic N) is 2. The summed E-state index contributed by atoms with van der Waals surface area (Å²) in [7, 11) is 0. The molecule has 3 aromatic rings. The van der Waals surface area contributed by atoms with Crippen molar-refractivity contribution in [3.05, 3.63) is 81.4 Å². The average Bonchev–Trinajstić information content (AvgIpc) is 2.68. The second-order valence-electron chi connectivity index (χ2n) is 8.21. The van der Waals surface area contributed by atoms with E-state index in [0.717, 1.165) is 17.7 Å². The van der Waals surface area contributed by atoms with E-state index in [1.165, 1.54) is 11.1 Å². The maximum Gasteiger partial charge on any atom is 0.258 e. The first-order valence-corrected chi connectivity index (χ1v) is 10.3. The molecule has 0 fully saturated rings. The molecule has 4 heteroatoms. The zero-order valence-corrected chi connectivity index (χ0v) is 17.6. The number of quaternary nitrogens is 1. The molecule has 0 unspecified atom stereocenters. The molecule has 0 radical (unpaired) electrons. The first-order chi connectivity index (χ1) is 13.4. The Morgan fingerprint density at radius 1 is 1.04 bits per heavy atom. The van der Waals surface area contributed by atoms with E-state index in [0.29, 0.717) is 30.1 Å². The second kappa shape index (κ2) is 8.70. The molecular formula is C24H32N3O+. The highest BCUT2D eigenvalue weighted by Gasteiger charge is 2.20. The van der Waals surface area contributed by atoms with Crippen molar-refractivity contribution in [3.63, 3.8) is 0 Å². The van der Waals surface area contributed by atoms with E-state index >= 15 is 0 Å². The maximum atomic E-state index is 12.4. The van der Waals surface area contributed by atoms with Crippen LogP contribution in [0.25, 0.3) is 5.65 Å². The SMILES string of the molecule is CC[C@@H](C)c1ccc([C@@H]([NH2+]Cc2cc(=O)n3cc(C)ccc3n2)C(C)C)cc1. The molecule has 148 valence electrons. The molecule has 3 rings (SSSR count). The minimum absolute atomic E-state index is 0.0175. The summed E-state index contributed by atoms with van der Waals surface area (Å²) in [6, 6.07) is 14.9. The Kier molecular flexibility index (Phi) is 6.30. The van der Waals surface area contributed by atoms with E-state index in [4.69, 9.17) is 0 Å². The van der Waals surface area contributed by atoms with Gasteiger partial charge < -0.3 is 5.32 Å². The van der Waals surface area contributed by atoms with Gasteiger partial charge in [-0.3, -0.25) is 9.20 Å². The minimum atomic E-state index is -0.0175. The molecule has 2 atom stereocenters. The van der Waals surface area contributed by atoms with Crippen molar-refractivity contribution >= 4 is 5.65 Å². The van der Waals surface area contributed by atoms with Gasteiger partial charge in [0.25, 0.3) is 5.56 Å². The van der Waals surface area contributed by atoms with Crippen LogP contribution in [0, 0.1) is 12.8 Å². The van der Waals surface area contributed by atoms with Gasteiger partial charge in [0, 0.05) is 23.7 Å². The van der Waals surface area contributed by atoms with E-state index < -0.39 is 0 Å². The smallest absolute Gasteiger partial charge is 0.258 e. The van der Waals surface area contributed by atoms with Crippen LogP contribution < -0.4 is 10.9 Å². The summed E-state index contributed by atoms with van der Waals surface area (Å²) in [5, 5.41) is 2.30. The molecule has 0 saturated carbocycles. The predicted octanol–water partition coefficient (Wildman–Crippen LogP) is 3.98. The van der Waals surface area contributed by atoms with Crippen LogP contribution in [0.3, 0.4) is 0 Å². The molecule has 0 aliphatic heterocycles. The van der Waals surface area contributed by atoms with E-state index in [1.54, 1.807) is 10.5 Å². The van der Waals surface area contributed by atoms with Crippen molar-refractivity contribution in [2.24, 2.45) is 5.92 Å². The molecule has 0 aliphatic rings. The zero-order chi connectivity index (χ0) is 20.3. The van der Waals surface area contributed by atoms with Crippen LogP contribution in [0.5, 0.6) is 0 Å². The van der Waals surface area contributed by atoms with Crippen molar-refractivity contribution in [2.45, 2.75) is 59.5 Å². The van der Waals surface area contributed by atoms with Crippen LogP contribution >= 0.6 is 0 Å². The zero-order valence-electron chi connectivity index (χ0n) is 17.6. The summed E-state index contributed by atoms with van der Waals surface area (Å²) in [4.78, 5) is 17.1. The van der Waals surface area contributed by atoms with Gasteiger partial charge in [0.15, 0.2) is 0 Å². The Bertz CT molecular complexity index is 989. The molecule has 1 aromatic carbocycles. The Balaban J connectivity index is 1.79. The fraction of sp³-hybridized carbons (Fsp3) is 0.417. The Morgan fingerprint density at radius 3 is 2.36 bits per heavy atom. The molecular weight excluding hydrogens is 346 g/mol. The first-order valence-electron chi connectivity index (χ1n) is 10.3. The third-order valence-electron chi connectivity index (χ3n) is 5.66. The van der Waals surface area contributed by atoms with Crippen molar-refractivity contribution in [1.82, 2.24) is 9.38 Å². The average molecular weight is 379 g/mol. The number of nitrogens with two attached hydrogens (primary N) is 1. The van der Waals surface area contributed by atoms with Crippen molar-refractivity contribution < 1.29 is 5.32 Å². The van der Waals surface area contributed by atoms with Gasteiger partial charge in [-0.1, -0.05) is 58.0 Å². The number of rotatable bonds is 7. The quantitative estimate of drug-likeness (QED) is 0.676. The number of aryl methyl sites for hydroxylation is 1. The molecule has 4 nitrogen and oxygen atoms in total. The highest BCUT2D eigenvalue weighted by molar-refractivity contribution is 5.39. The number of aromatic nitrogens is 2. The van der Waals surface area contributed by atoms with Crippen LogP contribution in [0.15, 0.2) is 53.5 Å². The third-order valence-corrected chi connectivity index (χ3v) is 5.66. The van der Waals surface area contributed by atoms with Crippen LogP contribution in [-0.4, -0.2) is 9.38 Å². The van der Waals surface area contributed by atoms with E-state index in [2.05, 4.69) is 62.3 Å². The normalized spacial score (nSPS) is 13.8. The maximum absolute atomic E-state index is 12.4. The monoisotopic (exact) mass is 378 g/mol. The van der Waals surface area contributed by atoms with Crippen molar-refractivity contribution in [2.75, 3.05) is 0 Å². The number of benzene rings is 1. The fourth-order valence-electron chi connectivity index (χ4n) is 3.69. The van der Waals surface area contributed by atoms with Crippen LogP contribution in [-0.2, 0) is 6.54 Å². The highest BCUT2D eigenvalue weighted by atomic mass is 16.1. The number of pyridine rings is 1. The summed E-state index contributed by atoms with van der Waals surface area (Å²) >= 11 is 0. The van der Waals surface area contributed by atoms with Gasteiger partial charge in [0.1, 0.15) is 23.9 Å². The van der Waals surface area contributed by atoms with Crippen LogP contribution in [0.1, 0.15) is 68.5 Å². The number of fused-ring (bicyclic) bond motifs is 1. The van der Waals surface area contributed by atoms with Crippen LogP contribution in [0.2, 0.25) is 0 Å². The predicted molar refractivity (Wildman–Crippen MR) is 115 cm³/mol. The Hall–Kier alpha value is -2.46. The summed E-state index contributed by atoms with van der Waals surface area (Å²) in [6.07, 6.45) is 3.00. The van der Waals surface area contributed by atoms with Gasteiger partial charge in [0.05, 0.1) is 0 Å². The lowest BCUT2D eigenvalue weighted by molar-refractivity contribution is -0.717. The lowest BCUT2D eigenvalue weighted by Gasteiger charge is -2.20. The van der Waals surface area contributed by atoms with Gasteiger partial charge in [-0.25, -0.2) is 4.98 Å². The van der Waals surface area contributed by atoms with Gasteiger partial charge in [-0.05, 0) is 36.5 Å². The van der Waals surface area contributed by atoms with E-state index in [-0.39, 0.29) is 5.56 Å². The van der Waals surface area contributed by atoms with Gasteiger partial charge in [-0.15, -0.1) is 0 Å². The first kappa shape index (κ1) is 20.3. The standard InChI is InChI=1S/C24H31N3O/c1-6-18(5)19-8-10-20(11-9-19)24(16(2)3)25-14-21-13-23(28)27-15-17(4)7-12-22(27)26-21/h7-13,15-16,18,24-25H,6,14H2,1-5H3/p+1/t18-,24+/m1/s1. The summed E-state index contributed by atoms with van der Waals surface area (Å²) in [6.45, 7) is 11.7. The largest absolute Gasteiger partial charge is 0.335 e. The fourth-order valence-corrected chi connectivity index (χ4v) is 3.69. The molecule has 2 N–H and O–H groups in total. The summed E-state index contributed by atoms with van der Waals surface area (Å²) in [5.41, 5.74) is 5.30. The molecule has 0 bridgehead atoms. The highest BCUT2D eigenvalue weighted by Crippen LogP contribution is 2.23. The van der Waals surface area contributed by atoms with Crippen molar-refractivity contribution in [1.29, 1.82) is 0 Å². The molecule has 0 amide bonds. The summed E-state index contributed by atoms with van der Waals surface area (Å²) in [5.74, 6) is 1.08. The Morgan fingerprint density at radius 2 is 1.71 bits per heavy atom. The number of hydrogen-bond donors (Lipinski definition) is 1. The minimum Gasteiger partial charge on any atom is -0.335 e. The van der Waals surface area contributed by atoms with Gasteiger partial charge >= 0.3 is 0 Å². The lowest BCUT2D eigenvalue weighted by atomic mass is 9.92. The molecule has 2 heterocycles. The van der Waals surface area contributed by atoms with Gasteiger partial charge in [-0.2, -0.15) is 0 Å². The lowest BCUT2D eigenvalue weighted by Crippen LogP contribution is -2.84.